The molecule has 0 N–H and O–H groups in total. The fourth-order valence-corrected chi connectivity index (χ4v) is 4.04. The monoisotopic (exact) mass is 392 g/mol. The van der Waals surface area contributed by atoms with Gasteiger partial charge in [0.1, 0.15) is 0 Å². The lowest BCUT2D eigenvalue weighted by Crippen LogP contribution is -2.48. The standard InChI is InChI=1S/C23H24N2O4/c1-15-13-24(14-16(2)29-15)21(26)18-8-9-19-20(12-18)23(28)25(22(19)27)11-10-17-6-4-3-5-7-17/h3-9,12,15-16H,10-11,13-14H2,1-2H3. The normalized spacial score (nSPS) is 21.4. The van der Waals surface area contributed by atoms with E-state index in [1.54, 1.807) is 23.1 Å². The average molecular weight is 392 g/mol. The molecule has 2 unspecified atom stereocenters. The van der Waals surface area contributed by atoms with E-state index in [4.69, 9.17) is 4.74 Å². The van der Waals surface area contributed by atoms with Crippen LogP contribution in [0.25, 0.3) is 0 Å². The highest BCUT2D eigenvalue weighted by Crippen LogP contribution is 2.25. The van der Waals surface area contributed by atoms with E-state index in [2.05, 4.69) is 0 Å². The number of rotatable bonds is 4. The van der Waals surface area contributed by atoms with E-state index >= 15 is 0 Å². The summed E-state index contributed by atoms with van der Waals surface area (Å²) in [5.41, 5.74) is 2.16. The van der Waals surface area contributed by atoms with Crippen molar-refractivity contribution >= 4 is 17.7 Å². The Bertz CT molecular complexity index is 947. The van der Waals surface area contributed by atoms with Crippen LogP contribution in [0.2, 0.25) is 0 Å². The van der Waals surface area contributed by atoms with Gasteiger partial charge in [0.15, 0.2) is 0 Å². The summed E-state index contributed by atoms with van der Waals surface area (Å²) in [6, 6.07) is 14.5. The van der Waals surface area contributed by atoms with Gasteiger partial charge in [-0.3, -0.25) is 19.3 Å². The van der Waals surface area contributed by atoms with Gasteiger partial charge in [-0.2, -0.15) is 0 Å². The Morgan fingerprint density at radius 1 is 0.966 bits per heavy atom. The first-order chi connectivity index (χ1) is 13.9. The zero-order valence-corrected chi connectivity index (χ0v) is 16.6. The SMILES string of the molecule is CC1CN(C(=O)c2ccc3c(c2)C(=O)N(CCc2ccccc2)C3=O)CC(C)O1. The summed E-state index contributed by atoms with van der Waals surface area (Å²) >= 11 is 0. The fraction of sp³-hybridized carbons (Fsp3) is 0.348. The lowest BCUT2D eigenvalue weighted by molar-refractivity contribution is -0.0586. The van der Waals surface area contributed by atoms with Gasteiger partial charge in [-0.15, -0.1) is 0 Å². The van der Waals surface area contributed by atoms with Crippen molar-refractivity contribution in [2.45, 2.75) is 32.5 Å². The minimum Gasteiger partial charge on any atom is -0.372 e. The smallest absolute Gasteiger partial charge is 0.261 e. The van der Waals surface area contributed by atoms with Crippen LogP contribution in [0.5, 0.6) is 0 Å². The number of nitrogens with zero attached hydrogens (tertiary/aromatic N) is 2. The van der Waals surface area contributed by atoms with Crippen LogP contribution in [0.4, 0.5) is 0 Å². The Kier molecular flexibility index (Phi) is 5.20. The molecule has 150 valence electrons. The summed E-state index contributed by atoms with van der Waals surface area (Å²) in [5, 5.41) is 0. The Labute approximate surface area is 170 Å². The highest BCUT2D eigenvalue weighted by molar-refractivity contribution is 6.22. The number of carbonyl (C=O) groups excluding carboxylic acids is 3. The topological polar surface area (TPSA) is 66.9 Å². The number of ether oxygens (including phenoxy) is 1. The number of carbonyl (C=O) groups is 3. The molecule has 0 bridgehead atoms. The van der Waals surface area contributed by atoms with Crippen LogP contribution in [0.15, 0.2) is 48.5 Å². The first-order valence-corrected chi connectivity index (χ1v) is 9.93. The number of hydrogen-bond acceptors (Lipinski definition) is 4. The molecule has 2 aromatic rings. The predicted octanol–water partition coefficient (Wildman–Crippen LogP) is 2.77. The van der Waals surface area contributed by atoms with E-state index < -0.39 is 0 Å². The molecule has 2 atom stereocenters. The second-order valence-electron chi connectivity index (χ2n) is 7.73. The van der Waals surface area contributed by atoms with Crippen LogP contribution < -0.4 is 0 Å². The molecule has 1 fully saturated rings. The van der Waals surface area contributed by atoms with Gasteiger partial charge >= 0.3 is 0 Å². The van der Waals surface area contributed by atoms with E-state index in [-0.39, 0.29) is 29.9 Å². The quantitative estimate of drug-likeness (QED) is 0.751. The third-order valence-electron chi connectivity index (χ3n) is 5.39. The Hall–Kier alpha value is -2.99. The number of amides is 3. The zero-order valence-electron chi connectivity index (χ0n) is 16.6. The van der Waals surface area contributed by atoms with Crippen molar-refractivity contribution in [2.24, 2.45) is 0 Å². The molecule has 1 saturated heterocycles. The van der Waals surface area contributed by atoms with E-state index in [9.17, 15) is 14.4 Å². The Morgan fingerprint density at radius 2 is 1.62 bits per heavy atom. The maximum atomic E-state index is 12.9. The molecule has 2 aromatic carbocycles. The average Bonchev–Trinajstić information content (AvgIpc) is 2.95. The molecule has 0 aliphatic carbocycles. The molecule has 0 aromatic heterocycles. The lowest BCUT2D eigenvalue weighted by atomic mass is 10.0. The van der Waals surface area contributed by atoms with Crippen molar-refractivity contribution in [2.75, 3.05) is 19.6 Å². The van der Waals surface area contributed by atoms with E-state index in [0.29, 0.717) is 42.7 Å². The first-order valence-electron chi connectivity index (χ1n) is 9.93. The van der Waals surface area contributed by atoms with Gasteiger partial charge in [-0.05, 0) is 44.0 Å². The van der Waals surface area contributed by atoms with Crippen molar-refractivity contribution in [3.63, 3.8) is 0 Å². The van der Waals surface area contributed by atoms with Gasteiger partial charge in [-0.1, -0.05) is 30.3 Å². The van der Waals surface area contributed by atoms with E-state index in [0.717, 1.165) is 5.56 Å². The number of morpholine rings is 1. The van der Waals surface area contributed by atoms with Crippen molar-refractivity contribution < 1.29 is 19.1 Å². The van der Waals surface area contributed by atoms with Crippen LogP contribution >= 0.6 is 0 Å². The molecule has 0 spiro atoms. The Morgan fingerprint density at radius 3 is 2.31 bits per heavy atom. The molecule has 2 heterocycles. The third kappa shape index (κ3) is 3.80. The molecule has 2 aliphatic heterocycles. The molecular weight excluding hydrogens is 368 g/mol. The predicted molar refractivity (Wildman–Crippen MR) is 108 cm³/mol. The molecule has 6 heteroatoms. The minimum absolute atomic E-state index is 0.0335. The largest absolute Gasteiger partial charge is 0.372 e. The molecule has 0 radical (unpaired) electrons. The molecule has 3 amide bonds. The van der Waals surface area contributed by atoms with Gasteiger partial charge in [0, 0.05) is 25.2 Å². The van der Waals surface area contributed by atoms with Gasteiger partial charge in [0.05, 0.1) is 23.3 Å². The fourth-order valence-electron chi connectivity index (χ4n) is 4.04. The van der Waals surface area contributed by atoms with Crippen LogP contribution in [0, 0.1) is 0 Å². The zero-order chi connectivity index (χ0) is 20.5. The molecule has 6 nitrogen and oxygen atoms in total. The summed E-state index contributed by atoms with van der Waals surface area (Å²) in [7, 11) is 0. The second kappa shape index (κ2) is 7.79. The molecule has 2 aliphatic rings. The maximum Gasteiger partial charge on any atom is 0.261 e. The highest BCUT2D eigenvalue weighted by Gasteiger charge is 2.36. The summed E-state index contributed by atoms with van der Waals surface area (Å²) < 4.78 is 5.69. The summed E-state index contributed by atoms with van der Waals surface area (Å²) in [5.74, 6) is -0.773. The Balaban J connectivity index is 1.51. The molecule has 29 heavy (non-hydrogen) atoms. The summed E-state index contributed by atoms with van der Waals surface area (Å²) in [4.78, 5) is 41.5. The maximum absolute atomic E-state index is 12.9. The molecule has 0 saturated carbocycles. The lowest BCUT2D eigenvalue weighted by Gasteiger charge is -2.35. The van der Waals surface area contributed by atoms with Crippen molar-refractivity contribution in [1.82, 2.24) is 9.80 Å². The van der Waals surface area contributed by atoms with Crippen LogP contribution in [0.3, 0.4) is 0 Å². The van der Waals surface area contributed by atoms with Crippen molar-refractivity contribution in [1.29, 1.82) is 0 Å². The number of imide groups is 1. The summed E-state index contributed by atoms with van der Waals surface area (Å²) in [6.07, 6.45) is 0.532. The van der Waals surface area contributed by atoms with Crippen LogP contribution in [0.1, 0.15) is 50.5 Å². The third-order valence-corrected chi connectivity index (χ3v) is 5.39. The summed E-state index contributed by atoms with van der Waals surface area (Å²) in [6.45, 7) is 5.21. The molecular formula is C23H24N2O4. The van der Waals surface area contributed by atoms with Gasteiger partial charge in [0.25, 0.3) is 17.7 Å². The van der Waals surface area contributed by atoms with Crippen molar-refractivity contribution in [3.05, 3.63) is 70.8 Å². The van der Waals surface area contributed by atoms with Gasteiger partial charge in [0.2, 0.25) is 0 Å². The van der Waals surface area contributed by atoms with Crippen molar-refractivity contribution in [3.8, 4) is 0 Å². The highest BCUT2D eigenvalue weighted by atomic mass is 16.5. The first kappa shape index (κ1) is 19.3. The minimum atomic E-state index is -0.334. The van der Waals surface area contributed by atoms with Crippen LogP contribution in [-0.2, 0) is 11.2 Å². The van der Waals surface area contributed by atoms with Gasteiger partial charge in [-0.25, -0.2) is 0 Å². The number of hydrogen-bond donors (Lipinski definition) is 0. The number of benzene rings is 2. The number of fused-ring (bicyclic) bond motifs is 1. The van der Waals surface area contributed by atoms with E-state index in [1.807, 2.05) is 44.2 Å². The molecule has 4 rings (SSSR count). The second-order valence-corrected chi connectivity index (χ2v) is 7.73. The van der Waals surface area contributed by atoms with E-state index in [1.165, 1.54) is 4.90 Å². The van der Waals surface area contributed by atoms with Crippen LogP contribution in [-0.4, -0.2) is 59.4 Å². The van der Waals surface area contributed by atoms with Gasteiger partial charge < -0.3 is 9.64 Å².